The molecule has 0 spiro atoms. The Balaban J connectivity index is 1.98. The second-order valence-corrected chi connectivity index (χ2v) is 6.09. The third kappa shape index (κ3) is 4.85. The Hall–Kier alpha value is -2.30. The molecule has 0 radical (unpaired) electrons. The number of aromatic nitrogens is 2. The highest BCUT2D eigenvalue weighted by Gasteiger charge is 2.12. The van der Waals surface area contributed by atoms with Crippen molar-refractivity contribution >= 4 is 5.96 Å². The molecule has 0 bridgehead atoms. The van der Waals surface area contributed by atoms with Gasteiger partial charge in [0.1, 0.15) is 0 Å². The van der Waals surface area contributed by atoms with Crippen molar-refractivity contribution in [3.05, 3.63) is 47.3 Å². The lowest BCUT2D eigenvalue weighted by Gasteiger charge is -2.06. The highest BCUT2D eigenvalue weighted by Crippen LogP contribution is 2.18. The molecule has 0 aliphatic rings. The van der Waals surface area contributed by atoms with E-state index in [1.807, 2.05) is 29.8 Å². The average Bonchev–Trinajstić information content (AvgIpc) is 2.88. The van der Waals surface area contributed by atoms with Crippen molar-refractivity contribution in [2.24, 2.45) is 10.7 Å². The van der Waals surface area contributed by atoms with Gasteiger partial charge in [0, 0.05) is 17.8 Å². The second kappa shape index (κ2) is 9.11. The van der Waals surface area contributed by atoms with E-state index in [-0.39, 0.29) is 0 Å². The van der Waals surface area contributed by atoms with Crippen LogP contribution in [0.4, 0.5) is 0 Å². The number of hydrogen-bond acceptors (Lipinski definition) is 2. The van der Waals surface area contributed by atoms with Gasteiger partial charge >= 0.3 is 0 Å². The number of unbranched alkanes of at least 4 members (excludes halogenated alkanes) is 3. The van der Waals surface area contributed by atoms with Crippen LogP contribution in [0.5, 0.6) is 0 Å². The number of aliphatic imine (C=N–C) groups is 1. The molecule has 0 fully saturated rings. The van der Waals surface area contributed by atoms with Crippen LogP contribution in [0.1, 0.15) is 49.6 Å². The van der Waals surface area contributed by atoms with E-state index < -0.39 is 0 Å². The van der Waals surface area contributed by atoms with Crippen LogP contribution in [0.2, 0.25) is 0 Å². The molecular formula is C19H29N5. The van der Waals surface area contributed by atoms with Crippen LogP contribution < -0.4 is 11.1 Å². The molecule has 130 valence electrons. The summed E-state index contributed by atoms with van der Waals surface area (Å²) in [5.74, 6) is 0.512. The summed E-state index contributed by atoms with van der Waals surface area (Å²) in [6.45, 7) is 7.75. The molecule has 0 aliphatic heterocycles. The van der Waals surface area contributed by atoms with Crippen molar-refractivity contribution in [2.75, 3.05) is 6.54 Å². The summed E-state index contributed by atoms with van der Waals surface area (Å²) >= 11 is 0. The van der Waals surface area contributed by atoms with Crippen molar-refractivity contribution in [2.45, 2.75) is 53.0 Å². The number of benzene rings is 1. The van der Waals surface area contributed by atoms with Crippen LogP contribution in [0.25, 0.3) is 5.69 Å². The fourth-order valence-electron chi connectivity index (χ4n) is 2.71. The molecule has 0 atom stereocenters. The molecule has 0 aliphatic carbocycles. The zero-order valence-corrected chi connectivity index (χ0v) is 15.0. The molecule has 5 heteroatoms. The number of aryl methyl sites for hydroxylation is 1. The Bertz CT molecular complexity index is 658. The fraction of sp³-hybridized carbons (Fsp3) is 0.474. The molecule has 0 unspecified atom stereocenters. The van der Waals surface area contributed by atoms with Gasteiger partial charge in [0.05, 0.1) is 17.9 Å². The molecule has 0 amide bonds. The molecule has 0 saturated carbocycles. The highest BCUT2D eigenvalue weighted by atomic mass is 15.3. The van der Waals surface area contributed by atoms with Gasteiger partial charge < -0.3 is 11.1 Å². The lowest BCUT2D eigenvalue weighted by molar-refractivity contribution is 0.652. The molecular weight excluding hydrogens is 298 g/mol. The summed E-state index contributed by atoms with van der Waals surface area (Å²) in [6, 6.07) is 10.2. The van der Waals surface area contributed by atoms with Gasteiger partial charge in [0.15, 0.2) is 5.96 Å². The highest BCUT2D eigenvalue weighted by molar-refractivity contribution is 5.77. The van der Waals surface area contributed by atoms with E-state index >= 15 is 0 Å². The van der Waals surface area contributed by atoms with E-state index in [1.165, 1.54) is 19.3 Å². The normalized spacial score (nSPS) is 11.7. The van der Waals surface area contributed by atoms with Gasteiger partial charge in [0.25, 0.3) is 0 Å². The number of para-hydroxylation sites is 1. The van der Waals surface area contributed by atoms with Crippen molar-refractivity contribution in [1.82, 2.24) is 15.1 Å². The van der Waals surface area contributed by atoms with Gasteiger partial charge in [-0.1, -0.05) is 44.4 Å². The molecule has 5 nitrogen and oxygen atoms in total. The average molecular weight is 327 g/mol. The minimum Gasteiger partial charge on any atom is -0.370 e. The first-order valence-corrected chi connectivity index (χ1v) is 8.77. The molecule has 1 heterocycles. The van der Waals surface area contributed by atoms with Crippen LogP contribution >= 0.6 is 0 Å². The number of nitrogens with zero attached hydrogens (tertiary/aromatic N) is 3. The number of hydrogen-bond donors (Lipinski definition) is 2. The lowest BCUT2D eigenvalue weighted by Crippen LogP contribution is -2.32. The topological polar surface area (TPSA) is 68.2 Å². The third-order valence-corrected chi connectivity index (χ3v) is 4.19. The first kappa shape index (κ1) is 18.0. The maximum absolute atomic E-state index is 5.97. The Morgan fingerprint density at radius 3 is 2.62 bits per heavy atom. The minimum absolute atomic E-state index is 0.512. The van der Waals surface area contributed by atoms with E-state index in [2.05, 4.69) is 41.4 Å². The number of nitrogens with two attached hydrogens (primary N) is 1. The molecule has 2 rings (SSSR count). The van der Waals surface area contributed by atoms with Gasteiger partial charge in [0.2, 0.25) is 0 Å². The first-order chi connectivity index (χ1) is 11.6. The standard InChI is InChI=1S/C19H29N5/c1-4-5-6-10-13-21-19(20)22-14-18-15(2)23-24(16(18)3)17-11-8-7-9-12-17/h7-9,11-12H,4-6,10,13-14H2,1-3H3,(H3,20,21,22). The maximum Gasteiger partial charge on any atom is 0.188 e. The summed E-state index contributed by atoms with van der Waals surface area (Å²) in [7, 11) is 0. The Morgan fingerprint density at radius 1 is 1.17 bits per heavy atom. The van der Waals surface area contributed by atoms with Gasteiger partial charge in [-0.25, -0.2) is 9.67 Å². The quantitative estimate of drug-likeness (QED) is 0.443. The van der Waals surface area contributed by atoms with E-state index in [1.54, 1.807) is 0 Å². The van der Waals surface area contributed by atoms with Crippen LogP contribution in [-0.4, -0.2) is 22.3 Å². The molecule has 3 N–H and O–H groups in total. The van der Waals surface area contributed by atoms with Crippen molar-refractivity contribution in [1.29, 1.82) is 0 Å². The molecule has 1 aromatic carbocycles. The molecule has 24 heavy (non-hydrogen) atoms. The summed E-state index contributed by atoms with van der Waals surface area (Å²) in [5, 5.41) is 7.83. The van der Waals surface area contributed by atoms with Crippen molar-refractivity contribution in [3.63, 3.8) is 0 Å². The van der Waals surface area contributed by atoms with Crippen LogP contribution in [0.15, 0.2) is 35.3 Å². The van der Waals surface area contributed by atoms with Crippen LogP contribution in [0, 0.1) is 13.8 Å². The summed E-state index contributed by atoms with van der Waals surface area (Å²) in [4.78, 5) is 4.47. The van der Waals surface area contributed by atoms with Gasteiger partial charge in [-0.2, -0.15) is 5.10 Å². The first-order valence-electron chi connectivity index (χ1n) is 8.77. The van der Waals surface area contributed by atoms with Crippen molar-refractivity contribution < 1.29 is 0 Å². The van der Waals surface area contributed by atoms with Crippen molar-refractivity contribution in [3.8, 4) is 5.69 Å². The molecule has 2 aromatic rings. The predicted molar refractivity (Wildman–Crippen MR) is 101 cm³/mol. The van der Waals surface area contributed by atoms with E-state index in [4.69, 9.17) is 5.73 Å². The monoisotopic (exact) mass is 327 g/mol. The molecule has 1 aromatic heterocycles. The smallest absolute Gasteiger partial charge is 0.188 e. The van der Waals surface area contributed by atoms with E-state index in [0.29, 0.717) is 12.5 Å². The SMILES string of the molecule is CCCCCCNC(N)=NCc1c(C)nn(-c2ccccc2)c1C. The number of nitrogens with one attached hydrogen (secondary N) is 1. The molecule has 0 saturated heterocycles. The fourth-order valence-corrected chi connectivity index (χ4v) is 2.71. The third-order valence-electron chi connectivity index (χ3n) is 4.19. The zero-order chi connectivity index (χ0) is 17.4. The van der Waals surface area contributed by atoms with E-state index in [9.17, 15) is 0 Å². The number of guanidine groups is 1. The van der Waals surface area contributed by atoms with Crippen LogP contribution in [-0.2, 0) is 6.54 Å². The second-order valence-electron chi connectivity index (χ2n) is 6.09. The Kier molecular flexibility index (Phi) is 6.85. The van der Waals surface area contributed by atoms with E-state index in [0.717, 1.165) is 35.6 Å². The Labute approximate surface area is 145 Å². The largest absolute Gasteiger partial charge is 0.370 e. The Morgan fingerprint density at radius 2 is 1.92 bits per heavy atom. The minimum atomic E-state index is 0.512. The zero-order valence-electron chi connectivity index (χ0n) is 15.0. The van der Waals surface area contributed by atoms with Gasteiger partial charge in [-0.15, -0.1) is 0 Å². The van der Waals surface area contributed by atoms with Gasteiger partial charge in [-0.05, 0) is 32.4 Å². The van der Waals surface area contributed by atoms with Crippen LogP contribution in [0.3, 0.4) is 0 Å². The predicted octanol–water partition coefficient (Wildman–Crippen LogP) is 3.47. The lowest BCUT2D eigenvalue weighted by atomic mass is 10.2. The number of rotatable bonds is 8. The summed E-state index contributed by atoms with van der Waals surface area (Å²) in [6.07, 6.45) is 4.89. The summed E-state index contributed by atoms with van der Waals surface area (Å²) < 4.78 is 1.97. The maximum atomic E-state index is 5.97. The van der Waals surface area contributed by atoms with Gasteiger partial charge in [-0.3, -0.25) is 0 Å². The summed E-state index contributed by atoms with van der Waals surface area (Å²) in [5.41, 5.74) is 10.3.